The van der Waals surface area contributed by atoms with Crippen LogP contribution in [0.2, 0.25) is 0 Å². The molecule has 0 bridgehead atoms. The molecule has 1 aromatic heterocycles. The summed E-state index contributed by atoms with van der Waals surface area (Å²) < 4.78 is 0. The zero-order chi connectivity index (χ0) is 12.1. The molecule has 0 unspecified atom stereocenters. The van der Waals surface area contributed by atoms with Gasteiger partial charge in [0.2, 0.25) is 0 Å². The van der Waals surface area contributed by atoms with Crippen LogP contribution in [0.4, 0.5) is 0 Å². The second kappa shape index (κ2) is 5.92. The molecule has 2 heterocycles. The Kier molecular flexibility index (Phi) is 4.26. The molecule has 0 spiro atoms. The first kappa shape index (κ1) is 12.2. The van der Waals surface area contributed by atoms with E-state index >= 15 is 0 Å². The number of carbonyl (C=O) groups excluding carboxylic acids is 1. The van der Waals surface area contributed by atoms with E-state index in [1.54, 1.807) is 6.92 Å². The number of rotatable bonds is 4. The summed E-state index contributed by atoms with van der Waals surface area (Å²) in [6, 6.07) is 6.05. The minimum Gasteiger partial charge on any atom is -0.303 e. The van der Waals surface area contributed by atoms with Crippen LogP contribution in [-0.2, 0) is 11.2 Å². The summed E-state index contributed by atoms with van der Waals surface area (Å²) in [6.07, 6.45) is 4.90. The van der Waals surface area contributed by atoms with Crippen LogP contribution in [0.5, 0.6) is 0 Å². The monoisotopic (exact) mass is 232 g/mol. The van der Waals surface area contributed by atoms with Crippen LogP contribution in [0, 0.1) is 5.92 Å². The lowest BCUT2D eigenvalue weighted by Gasteiger charge is -2.30. The largest absolute Gasteiger partial charge is 0.303 e. The van der Waals surface area contributed by atoms with Gasteiger partial charge in [-0.3, -0.25) is 9.78 Å². The zero-order valence-electron chi connectivity index (χ0n) is 10.4. The maximum absolute atomic E-state index is 11.3. The summed E-state index contributed by atoms with van der Waals surface area (Å²) in [7, 11) is 0. The van der Waals surface area contributed by atoms with Crippen LogP contribution in [0.25, 0.3) is 0 Å². The van der Waals surface area contributed by atoms with Crippen molar-refractivity contribution >= 4 is 5.78 Å². The summed E-state index contributed by atoms with van der Waals surface area (Å²) in [5.74, 6) is 0.662. The third kappa shape index (κ3) is 3.63. The molecule has 1 aromatic rings. The van der Waals surface area contributed by atoms with Gasteiger partial charge in [-0.2, -0.15) is 0 Å². The van der Waals surface area contributed by atoms with Crippen molar-refractivity contribution in [3.8, 4) is 0 Å². The van der Waals surface area contributed by atoms with Gasteiger partial charge >= 0.3 is 0 Å². The number of hydrogen-bond acceptors (Lipinski definition) is 3. The van der Waals surface area contributed by atoms with E-state index in [0.29, 0.717) is 11.7 Å². The smallest absolute Gasteiger partial charge is 0.133 e. The topological polar surface area (TPSA) is 33.2 Å². The molecular weight excluding hydrogens is 212 g/mol. The molecule has 92 valence electrons. The third-order valence-corrected chi connectivity index (χ3v) is 3.57. The molecule has 0 atom stereocenters. The number of Topliss-reactive ketones (excluding diaryl/α,β-unsaturated/α-hetero) is 1. The lowest BCUT2D eigenvalue weighted by Crippen LogP contribution is -2.37. The van der Waals surface area contributed by atoms with Gasteiger partial charge in [0.1, 0.15) is 5.78 Å². The minimum absolute atomic E-state index is 0.307. The van der Waals surface area contributed by atoms with Gasteiger partial charge in [-0.15, -0.1) is 0 Å². The highest BCUT2D eigenvalue weighted by Gasteiger charge is 2.21. The van der Waals surface area contributed by atoms with Gasteiger partial charge in [0, 0.05) is 30.8 Å². The Hall–Kier alpha value is -1.22. The Balaban J connectivity index is 1.74. The van der Waals surface area contributed by atoms with Crippen LogP contribution >= 0.6 is 0 Å². The summed E-state index contributed by atoms with van der Waals surface area (Å²) >= 11 is 0. The summed E-state index contributed by atoms with van der Waals surface area (Å²) in [4.78, 5) is 18.0. The number of nitrogens with zero attached hydrogens (tertiary/aromatic N) is 2. The van der Waals surface area contributed by atoms with Gasteiger partial charge in [-0.05, 0) is 45.0 Å². The van der Waals surface area contributed by atoms with Crippen molar-refractivity contribution in [1.82, 2.24) is 9.88 Å². The molecule has 0 N–H and O–H groups in total. The molecule has 0 aliphatic carbocycles. The fraction of sp³-hybridized carbons (Fsp3) is 0.571. The highest BCUT2D eigenvalue weighted by molar-refractivity contribution is 5.78. The van der Waals surface area contributed by atoms with Crippen LogP contribution in [-0.4, -0.2) is 35.3 Å². The van der Waals surface area contributed by atoms with Gasteiger partial charge in [-0.1, -0.05) is 6.07 Å². The first-order valence-corrected chi connectivity index (χ1v) is 6.38. The third-order valence-electron chi connectivity index (χ3n) is 3.57. The zero-order valence-corrected chi connectivity index (χ0v) is 10.4. The average molecular weight is 232 g/mol. The number of likely N-dealkylation sites (tertiary alicyclic amines) is 1. The predicted molar refractivity (Wildman–Crippen MR) is 67.8 cm³/mol. The van der Waals surface area contributed by atoms with Crippen molar-refractivity contribution < 1.29 is 4.79 Å². The van der Waals surface area contributed by atoms with Gasteiger partial charge in [0.25, 0.3) is 0 Å². The fourth-order valence-electron chi connectivity index (χ4n) is 2.38. The second-order valence-electron chi connectivity index (χ2n) is 4.80. The van der Waals surface area contributed by atoms with Gasteiger partial charge < -0.3 is 4.90 Å². The van der Waals surface area contributed by atoms with Crippen molar-refractivity contribution in [3.63, 3.8) is 0 Å². The standard InChI is InChI=1S/C14H20N2O/c1-12(17)13-5-9-16(10-6-13)11-7-14-4-2-3-8-15-14/h2-4,8,13H,5-7,9-11H2,1H3. The number of piperidine rings is 1. The molecule has 3 heteroatoms. The summed E-state index contributed by atoms with van der Waals surface area (Å²) in [6.45, 7) is 4.88. The first-order valence-electron chi connectivity index (χ1n) is 6.38. The highest BCUT2D eigenvalue weighted by Crippen LogP contribution is 2.17. The number of ketones is 1. The molecule has 3 nitrogen and oxygen atoms in total. The Morgan fingerprint density at radius 1 is 1.41 bits per heavy atom. The Morgan fingerprint density at radius 3 is 2.76 bits per heavy atom. The summed E-state index contributed by atoms with van der Waals surface area (Å²) in [5.41, 5.74) is 1.15. The van der Waals surface area contributed by atoms with Gasteiger partial charge in [0.15, 0.2) is 0 Å². The van der Waals surface area contributed by atoms with Crippen molar-refractivity contribution in [3.05, 3.63) is 30.1 Å². The average Bonchev–Trinajstić information content (AvgIpc) is 2.38. The molecule has 1 saturated heterocycles. The van der Waals surface area contributed by atoms with Crippen LogP contribution in [0.1, 0.15) is 25.5 Å². The Bertz CT molecular complexity index is 356. The van der Waals surface area contributed by atoms with E-state index in [2.05, 4.69) is 16.0 Å². The lowest BCUT2D eigenvalue weighted by atomic mass is 9.93. The van der Waals surface area contributed by atoms with E-state index < -0.39 is 0 Å². The van der Waals surface area contributed by atoms with Crippen molar-refractivity contribution in [1.29, 1.82) is 0 Å². The molecule has 1 aliphatic rings. The molecule has 1 aliphatic heterocycles. The quantitative estimate of drug-likeness (QED) is 0.795. The Labute approximate surface area is 103 Å². The second-order valence-corrected chi connectivity index (χ2v) is 4.80. The molecule has 0 aromatic carbocycles. The number of hydrogen-bond donors (Lipinski definition) is 0. The van der Waals surface area contributed by atoms with Crippen LogP contribution in [0.15, 0.2) is 24.4 Å². The van der Waals surface area contributed by atoms with Gasteiger partial charge in [0.05, 0.1) is 0 Å². The lowest BCUT2D eigenvalue weighted by molar-refractivity contribution is -0.122. The normalized spacial score (nSPS) is 18.2. The molecule has 2 rings (SSSR count). The maximum atomic E-state index is 11.3. The van der Waals surface area contributed by atoms with E-state index in [1.807, 2.05) is 18.3 Å². The van der Waals surface area contributed by atoms with E-state index in [-0.39, 0.29) is 0 Å². The molecular formula is C14H20N2O. The fourth-order valence-corrected chi connectivity index (χ4v) is 2.38. The van der Waals surface area contributed by atoms with E-state index in [0.717, 1.165) is 44.6 Å². The minimum atomic E-state index is 0.307. The van der Waals surface area contributed by atoms with Crippen LogP contribution < -0.4 is 0 Å². The van der Waals surface area contributed by atoms with E-state index in [4.69, 9.17) is 0 Å². The highest BCUT2D eigenvalue weighted by atomic mass is 16.1. The van der Waals surface area contributed by atoms with Crippen LogP contribution in [0.3, 0.4) is 0 Å². The maximum Gasteiger partial charge on any atom is 0.133 e. The van der Waals surface area contributed by atoms with E-state index in [1.165, 1.54) is 0 Å². The number of aromatic nitrogens is 1. The first-order chi connectivity index (χ1) is 8.25. The predicted octanol–water partition coefficient (Wildman–Crippen LogP) is 1.93. The number of carbonyl (C=O) groups is 1. The molecule has 0 radical (unpaired) electrons. The van der Waals surface area contributed by atoms with Crippen molar-refractivity contribution in [2.24, 2.45) is 5.92 Å². The SMILES string of the molecule is CC(=O)C1CCN(CCc2ccccn2)CC1. The summed E-state index contributed by atoms with van der Waals surface area (Å²) in [5, 5.41) is 0. The van der Waals surface area contributed by atoms with E-state index in [9.17, 15) is 4.79 Å². The van der Waals surface area contributed by atoms with Crippen molar-refractivity contribution in [2.45, 2.75) is 26.2 Å². The molecule has 0 amide bonds. The van der Waals surface area contributed by atoms with Crippen molar-refractivity contribution in [2.75, 3.05) is 19.6 Å². The Morgan fingerprint density at radius 2 is 2.18 bits per heavy atom. The van der Waals surface area contributed by atoms with Gasteiger partial charge in [-0.25, -0.2) is 0 Å². The number of pyridine rings is 1. The molecule has 17 heavy (non-hydrogen) atoms. The molecule has 0 saturated carbocycles. The molecule has 1 fully saturated rings.